The van der Waals surface area contributed by atoms with Gasteiger partial charge in [-0.3, -0.25) is 9.59 Å². The number of rotatable bonds is 5. The first kappa shape index (κ1) is 14.5. The van der Waals surface area contributed by atoms with Crippen LogP contribution in [0, 0.1) is 6.92 Å². The van der Waals surface area contributed by atoms with E-state index in [2.05, 4.69) is 5.32 Å². The summed E-state index contributed by atoms with van der Waals surface area (Å²) >= 11 is 1.44. The zero-order valence-corrected chi connectivity index (χ0v) is 12.3. The molecule has 20 heavy (non-hydrogen) atoms. The molecule has 1 atom stereocenters. The summed E-state index contributed by atoms with van der Waals surface area (Å²) < 4.78 is 1.07. The molecule has 0 aliphatic carbocycles. The van der Waals surface area contributed by atoms with Crippen LogP contribution in [0.5, 0.6) is 0 Å². The molecule has 2 N–H and O–H groups in total. The number of benzene rings is 1. The van der Waals surface area contributed by atoms with E-state index < -0.39 is 5.97 Å². The van der Waals surface area contributed by atoms with E-state index in [1.165, 1.54) is 11.3 Å². The van der Waals surface area contributed by atoms with Crippen LogP contribution in [0.3, 0.4) is 0 Å². The fourth-order valence-corrected chi connectivity index (χ4v) is 3.26. The normalized spacial score (nSPS) is 12.3. The van der Waals surface area contributed by atoms with Gasteiger partial charge in [0.1, 0.15) is 0 Å². The first-order chi connectivity index (χ1) is 9.52. The third-order valence-corrected chi connectivity index (χ3v) is 4.57. The van der Waals surface area contributed by atoms with Gasteiger partial charge in [0.15, 0.2) is 0 Å². The van der Waals surface area contributed by atoms with Crippen molar-refractivity contribution in [1.29, 1.82) is 0 Å². The summed E-state index contributed by atoms with van der Waals surface area (Å²) in [6, 6.07) is 7.54. The first-order valence-electron chi connectivity index (χ1n) is 6.53. The number of hydrogen-bond donors (Lipinski definition) is 2. The Morgan fingerprint density at radius 1 is 1.35 bits per heavy atom. The third kappa shape index (κ3) is 2.99. The molecule has 4 nitrogen and oxygen atoms in total. The number of carboxylic acids is 1. The Bertz CT molecular complexity index is 648. The number of hydrogen-bond acceptors (Lipinski definition) is 3. The molecule has 0 saturated heterocycles. The van der Waals surface area contributed by atoms with E-state index in [4.69, 9.17) is 5.11 Å². The Balaban J connectivity index is 2.22. The summed E-state index contributed by atoms with van der Waals surface area (Å²) in [4.78, 5) is 23.7. The predicted octanol–water partition coefficient (Wildman–Crippen LogP) is 3.19. The zero-order valence-electron chi connectivity index (χ0n) is 11.5. The number of aliphatic carboxylic acids is 1. The highest BCUT2D eigenvalue weighted by Gasteiger charge is 2.19. The predicted molar refractivity (Wildman–Crippen MR) is 80.4 cm³/mol. The number of nitrogens with one attached hydrogen (secondary N) is 1. The molecule has 1 heterocycles. The summed E-state index contributed by atoms with van der Waals surface area (Å²) in [5, 5.41) is 12.7. The van der Waals surface area contributed by atoms with Crippen molar-refractivity contribution in [2.75, 3.05) is 0 Å². The van der Waals surface area contributed by atoms with E-state index in [-0.39, 0.29) is 18.4 Å². The smallest absolute Gasteiger partial charge is 0.305 e. The van der Waals surface area contributed by atoms with Crippen LogP contribution in [0.4, 0.5) is 0 Å². The molecule has 5 heteroatoms. The first-order valence-corrected chi connectivity index (χ1v) is 7.35. The lowest BCUT2D eigenvalue weighted by atomic mass is 10.1. The van der Waals surface area contributed by atoms with Crippen molar-refractivity contribution in [2.45, 2.75) is 32.7 Å². The number of carboxylic acid groups (broad SMARTS) is 1. The van der Waals surface area contributed by atoms with E-state index in [0.717, 1.165) is 15.6 Å². The Kier molecular flexibility index (Phi) is 4.39. The highest BCUT2D eigenvalue weighted by Crippen LogP contribution is 2.30. The molecule has 1 aromatic heterocycles. The molecular formula is C15H17NO3S. The summed E-state index contributed by atoms with van der Waals surface area (Å²) in [5.74, 6) is -1.08. The summed E-state index contributed by atoms with van der Waals surface area (Å²) in [6.45, 7) is 3.79. The van der Waals surface area contributed by atoms with Crippen molar-refractivity contribution in [3.05, 3.63) is 34.7 Å². The van der Waals surface area contributed by atoms with Crippen LogP contribution in [-0.4, -0.2) is 23.0 Å². The van der Waals surface area contributed by atoms with Crippen LogP contribution in [0.2, 0.25) is 0 Å². The van der Waals surface area contributed by atoms with Gasteiger partial charge in [0.2, 0.25) is 0 Å². The van der Waals surface area contributed by atoms with Crippen molar-refractivity contribution in [1.82, 2.24) is 5.32 Å². The van der Waals surface area contributed by atoms with E-state index in [0.29, 0.717) is 11.3 Å². The average molecular weight is 291 g/mol. The van der Waals surface area contributed by atoms with Gasteiger partial charge < -0.3 is 10.4 Å². The number of amides is 1. The Morgan fingerprint density at radius 3 is 2.65 bits per heavy atom. The largest absolute Gasteiger partial charge is 0.481 e. The molecule has 0 fully saturated rings. The van der Waals surface area contributed by atoms with Crippen LogP contribution < -0.4 is 5.32 Å². The monoisotopic (exact) mass is 291 g/mol. The van der Waals surface area contributed by atoms with Gasteiger partial charge in [0.05, 0.1) is 11.3 Å². The van der Waals surface area contributed by atoms with Crippen molar-refractivity contribution in [2.24, 2.45) is 0 Å². The highest BCUT2D eigenvalue weighted by atomic mass is 32.1. The van der Waals surface area contributed by atoms with Gasteiger partial charge >= 0.3 is 5.97 Å². The maximum absolute atomic E-state index is 12.3. The standard InChI is InChI=1S/C15H17NO3S/c1-3-10(8-13(17)18)16-15(19)14-9(2)11-6-4-5-7-12(11)20-14/h4-7,10H,3,8H2,1-2H3,(H,16,19)(H,17,18). The lowest BCUT2D eigenvalue weighted by Crippen LogP contribution is -2.35. The van der Waals surface area contributed by atoms with E-state index >= 15 is 0 Å². The summed E-state index contributed by atoms with van der Waals surface area (Å²) in [5.41, 5.74) is 0.952. The van der Waals surface area contributed by atoms with Gasteiger partial charge in [0, 0.05) is 10.7 Å². The Morgan fingerprint density at radius 2 is 2.05 bits per heavy atom. The maximum atomic E-state index is 12.3. The minimum atomic E-state index is -0.898. The SMILES string of the molecule is CCC(CC(=O)O)NC(=O)c1sc2ccccc2c1C. The minimum absolute atomic E-state index is 0.0494. The lowest BCUT2D eigenvalue weighted by Gasteiger charge is -2.14. The van der Waals surface area contributed by atoms with Crippen molar-refractivity contribution < 1.29 is 14.7 Å². The molecule has 0 saturated carbocycles. The molecular weight excluding hydrogens is 274 g/mol. The summed E-state index contributed by atoms with van der Waals surface area (Å²) in [7, 11) is 0. The maximum Gasteiger partial charge on any atom is 0.305 e. The Labute approximate surface area is 121 Å². The van der Waals surface area contributed by atoms with E-state index in [1.807, 2.05) is 38.1 Å². The molecule has 0 radical (unpaired) electrons. The van der Waals surface area contributed by atoms with Crippen LogP contribution in [0.15, 0.2) is 24.3 Å². The van der Waals surface area contributed by atoms with Gasteiger partial charge in [-0.15, -0.1) is 11.3 Å². The lowest BCUT2D eigenvalue weighted by molar-refractivity contribution is -0.137. The zero-order chi connectivity index (χ0) is 14.7. The van der Waals surface area contributed by atoms with Crippen molar-refractivity contribution in [3.63, 3.8) is 0 Å². The fourth-order valence-electron chi connectivity index (χ4n) is 2.15. The number of aryl methyl sites for hydroxylation is 1. The number of carbonyl (C=O) groups excluding carboxylic acids is 1. The number of carbonyl (C=O) groups is 2. The second kappa shape index (κ2) is 6.05. The Hall–Kier alpha value is -1.88. The van der Waals surface area contributed by atoms with Crippen LogP contribution in [0.25, 0.3) is 10.1 Å². The average Bonchev–Trinajstić information content (AvgIpc) is 2.75. The van der Waals surface area contributed by atoms with Gasteiger partial charge in [0.25, 0.3) is 5.91 Å². The van der Waals surface area contributed by atoms with E-state index in [1.54, 1.807) is 0 Å². The third-order valence-electron chi connectivity index (χ3n) is 3.30. The van der Waals surface area contributed by atoms with Gasteiger partial charge in [-0.05, 0) is 30.4 Å². The second-order valence-electron chi connectivity index (χ2n) is 4.73. The summed E-state index contributed by atoms with van der Waals surface area (Å²) in [6.07, 6.45) is 0.550. The molecule has 106 valence electrons. The number of fused-ring (bicyclic) bond motifs is 1. The van der Waals surface area contributed by atoms with Crippen LogP contribution in [0.1, 0.15) is 35.0 Å². The van der Waals surface area contributed by atoms with Crippen LogP contribution >= 0.6 is 11.3 Å². The fraction of sp³-hybridized carbons (Fsp3) is 0.333. The highest BCUT2D eigenvalue weighted by molar-refractivity contribution is 7.21. The van der Waals surface area contributed by atoms with Gasteiger partial charge in [-0.25, -0.2) is 0 Å². The molecule has 1 amide bonds. The van der Waals surface area contributed by atoms with E-state index in [9.17, 15) is 9.59 Å². The quantitative estimate of drug-likeness (QED) is 0.889. The van der Waals surface area contributed by atoms with Gasteiger partial charge in [-0.2, -0.15) is 0 Å². The topological polar surface area (TPSA) is 66.4 Å². The molecule has 2 rings (SSSR count). The second-order valence-corrected chi connectivity index (χ2v) is 5.78. The molecule has 1 unspecified atom stereocenters. The molecule has 0 spiro atoms. The minimum Gasteiger partial charge on any atom is -0.481 e. The number of thiophene rings is 1. The van der Waals surface area contributed by atoms with Gasteiger partial charge in [-0.1, -0.05) is 25.1 Å². The molecule has 2 aromatic rings. The molecule has 0 aliphatic heterocycles. The van der Waals surface area contributed by atoms with Crippen molar-refractivity contribution in [3.8, 4) is 0 Å². The molecule has 0 aliphatic rings. The van der Waals surface area contributed by atoms with Crippen LogP contribution in [-0.2, 0) is 4.79 Å². The molecule has 0 bridgehead atoms. The molecule has 1 aromatic carbocycles. The van der Waals surface area contributed by atoms with Crippen molar-refractivity contribution >= 4 is 33.3 Å².